The summed E-state index contributed by atoms with van der Waals surface area (Å²) in [7, 11) is 0. The molecule has 1 saturated carbocycles. The molecule has 1 aromatic carbocycles. The number of para-hydroxylation sites is 1. The number of nitrogens with one attached hydrogen (secondary N) is 3. The number of hydrogen-bond donors (Lipinski definition) is 7. The Labute approximate surface area is 240 Å². The molecule has 15 nitrogen and oxygen atoms in total. The Morgan fingerprint density at radius 2 is 1.93 bits per heavy atom. The first-order valence-electron chi connectivity index (χ1n) is 13.9. The Morgan fingerprint density at radius 3 is 2.67 bits per heavy atom. The van der Waals surface area contributed by atoms with Gasteiger partial charge in [-0.25, -0.2) is 9.98 Å². The highest BCUT2D eigenvalue weighted by atomic mass is 16.5. The smallest absolute Gasteiger partial charge is 0.271 e. The van der Waals surface area contributed by atoms with Crippen molar-refractivity contribution in [2.75, 3.05) is 19.7 Å². The summed E-state index contributed by atoms with van der Waals surface area (Å²) >= 11 is 0. The van der Waals surface area contributed by atoms with Gasteiger partial charge in [-0.3, -0.25) is 9.59 Å². The Bertz CT molecular complexity index is 1540. The Balaban J connectivity index is 1.14. The number of nitrogens with two attached hydrogens (primary N) is 2. The van der Waals surface area contributed by atoms with E-state index in [2.05, 4.69) is 36.1 Å². The highest BCUT2D eigenvalue weighted by Gasteiger charge is 2.73. The zero-order chi connectivity index (χ0) is 29.4. The molecule has 42 heavy (non-hydrogen) atoms. The molecule has 9 N–H and O–H groups in total. The van der Waals surface area contributed by atoms with Crippen molar-refractivity contribution in [3.63, 3.8) is 0 Å². The molecule has 5 aliphatic rings. The summed E-state index contributed by atoms with van der Waals surface area (Å²) in [6, 6.07) is 5.66. The van der Waals surface area contributed by atoms with E-state index in [9.17, 15) is 19.8 Å². The van der Waals surface area contributed by atoms with Gasteiger partial charge in [0.2, 0.25) is 5.79 Å². The number of carbonyl (C=O) groups excluding carboxylic acids is 2. The standard InChI is InChI=1S/C27H32N10O5/c1-13-5-6-16(36-35-13)22(39)30-11-17-20-26(34-23(28)33-20)27(40,41)18(12-37(26)24(29)31-17)32-21(38)14-3-2-4-15-19(14)42-10-9-25(15)7-8-25/h2-6,17-18,20,40-41H,7-12H2,1H3,(H2,29,31)(H,30,39)(H,32,38)(H3,28,33,34)/t17-,18?,20-,26-/m0/s1. The van der Waals surface area contributed by atoms with Gasteiger partial charge in [0, 0.05) is 24.1 Å². The minimum atomic E-state index is -2.61. The van der Waals surface area contributed by atoms with Gasteiger partial charge in [0.15, 0.2) is 23.3 Å². The van der Waals surface area contributed by atoms with E-state index in [1.807, 2.05) is 12.1 Å². The SMILES string of the molecule is Cc1ccc(C(=O)NC[C@@H]2N=C(N)N3CC(NC(=O)c4cccc5c4OCCC54CC4)C(O)(O)[C@@]34NC(N)=N[C@@H]24)nn1. The fourth-order valence-electron chi connectivity index (χ4n) is 6.74. The second-order valence-corrected chi connectivity index (χ2v) is 11.6. The van der Waals surface area contributed by atoms with Crippen LogP contribution < -0.4 is 32.2 Å². The number of benzene rings is 1. The minimum absolute atomic E-state index is 0.0293. The Kier molecular flexibility index (Phi) is 5.66. The van der Waals surface area contributed by atoms with Crippen molar-refractivity contribution in [2.45, 2.75) is 61.2 Å². The molecule has 1 unspecified atom stereocenters. The van der Waals surface area contributed by atoms with Crippen LogP contribution in [-0.2, 0) is 5.41 Å². The van der Waals surface area contributed by atoms with Gasteiger partial charge in [-0.1, -0.05) is 12.1 Å². The van der Waals surface area contributed by atoms with Crippen LogP contribution >= 0.6 is 0 Å². The van der Waals surface area contributed by atoms with Crippen molar-refractivity contribution in [1.82, 2.24) is 31.0 Å². The molecule has 1 saturated heterocycles. The van der Waals surface area contributed by atoms with Crippen molar-refractivity contribution in [3.05, 3.63) is 52.8 Å². The van der Waals surface area contributed by atoms with Crippen molar-refractivity contribution < 1.29 is 24.5 Å². The van der Waals surface area contributed by atoms with Crippen molar-refractivity contribution in [3.8, 4) is 5.75 Å². The van der Waals surface area contributed by atoms with Crippen LogP contribution in [0.25, 0.3) is 0 Å². The first-order chi connectivity index (χ1) is 20.1. The molecule has 4 atom stereocenters. The van der Waals surface area contributed by atoms with Crippen LogP contribution in [0.15, 0.2) is 40.3 Å². The van der Waals surface area contributed by atoms with E-state index in [0.717, 1.165) is 24.8 Å². The third-order valence-corrected chi connectivity index (χ3v) is 9.12. The van der Waals surface area contributed by atoms with Crippen LogP contribution in [-0.4, -0.2) is 98.3 Å². The van der Waals surface area contributed by atoms with Gasteiger partial charge >= 0.3 is 0 Å². The van der Waals surface area contributed by atoms with E-state index >= 15 is 0 Å². The summed E-state index contributed by atoms with van der Waals surface area (Å²) in [4.78, 5) is 36.7. The summed E-state index contributed by atoms with van der Waals surface area (Å²) in [5, 5.41) is 39.7. The number of aliphatic imine (C=N–C) groups is 2. The molecule has 7 rings (SSSR count). The zero-order valence-electron chi connectivity index (χ0n) is 22.9. The highest BCUT2D eigenvalue weighted by Crippen LogP contribution is 2.56. The highest BCUT2D eigenvalue weighted by molar-refractivity contribution is 5.98. The molecule has 2 aromatic rings. The maximum absolute atomic E-state index is 13.6. The summed E-state index contributed by atoms with van der Waals surface area (Å²) in [6.45, 7) is 2.12. The van der Waals surface area contributed by atoms with Gasteiger partial charge in [0.05, 0.1) is 23.9 Å². The van der Waals surface area contributed by atoms with Gasteiger partial charge < -0.3 is 47.3 Å². The molecule has 15 heteroatoms. The first-order valence-corrected chi connectivity index (χ1v) is 13.9. The van der Waals surface area contributed by atoms with Crippen LogP contribution in [0, 0.1) is 6.92 Å². The maximum Gasteiger partial charge on any atom is 0.271 e. The number of ether oxygens (including phenoxy) is 1. The number of carbonyl (C=O) groups is 2. The Morgan fingerprint density at radius 1 is 1.12 bits per heavy atom. The zero-order valence-corrected chi connectivity index (χ0v) is 22.9. The molecule has 0 bridgehead atoms. The molecule has 5 heterocycles. The van der Waals surface area contributed by atoms with E-state index < -0.39 is 41.4 Å². The molecular weight excluding hydrogens is 544 g/mol. The van der Waals surface area contributed by atoms with Gasteiger partial charge in [0.1, 0.15) is 17.8 Å². The summed E-state index contributed by atoms with van der Waals surface area (Å²) in [5.74, 6) is -3.17. The van der Waals surface area contributed by atoms with Gasteiger partial charge in [0.25, 0.3) is 11.8 Å². The number of amides is 2. The molecule has 0 radical (unpaired) electrons. The molecule has 1 aliphatic carbocycles. The predicted octanol–water partition coefficient (Wildman–Crippen LogP) is -2.20. The van der Waals surface area contributed by atoms with E-state index in [0.29, 0.717) is 23.6 Å². The van der Waals surface area contributed by atoms with E-state index in [4.69, 9.17) is 16.2 Å². The number of aliphatic hydroxyl groups is 2. The summed E-state index contributed by atoms with van der Waals surface area (Å²) < 4.78 is 5.93. The maximum atomic E-state index is 13.6. The number of aryl methyl sites for hydroxylation is 1. The van der Waals surface area contributed by atoms with E-state index in [-0.39, 0.29) is 36.1 Å². The number of aromatic nitrogens is 2. The van der Waals surface area contributed by atoms with Crippen LogP contribution in [0.3, 0.4) is 0 Å². The van der Waals surface area contributed by atoms with Crippen molar-refractivity contribution in [1.29, 1.82) is 0 Å². The fourth-order valence-corrected chi connectivity index (χ4v) is 6.74. The number of guanidine groups is 2. The van der Waals surface area contributed by atoms with Crippen molar-refractivity contribution in [2.24, 2.45) is 21.5 Å². The lowest BCUT2D eigenvalue weighted by Crippen LogP contribution is -2.78. The Hall–Kier alpha value is -4.50. The molecular formula is C27H32N10O5. The van der Waals surface area contributed by atoms with E-state index in [1.54, 1.807) is 25.1 Å². The molecule has 4 aliphatic heterocycles. The molecule has 2 fully saturated rings. The lowest BCUT2D eigenvalue weighted by atomic mass is 9.84. The first kappa shape index (κ1) is 26.4. The monoisotopic (exact) mass is 576 g/mol. The number of hydrogen-bond acceptors (Lipinski definition) is 13. The van der Waals surface area contributed by atoms with Gasteiger partial charge in [-0.2, -0.15) is 5.10 Å². The van der Waals surface area contributed by atoms with Crippen LogP contribution in [0.4, 0.5) is 0 Å². The average molecular weight is 577 g/mol. The third kappa shape index (κ3) is 3.73. The lowest BCUT2D eigenvalue weighted by Gasteiger charge is -2.49. The number of rotatable bonds is 5. The van der Waals surface area contributed by atoms with Gasteiger partial charge in [-0.05, 0) is 44.4 Å². The lowest BCUT2D eigenvalue weighted by molar-refractivity contribution is -0.230. The molecule has 2 spiro atoms. The van der Waals surface area contributed by atoms with Crippen molar-refractivity contribution >= 4 is 23.7 Å². The topological polar surface area (TPSA) is 226 Å². The predicted molar refractivity (Wildman–Crippen MR) is 148 cm³/mol. The van der Waals surface area contributed by atoms with Crippen LogP contribution in [0.2, 0.25) is 0 Å². The van der Waals surface area contributed by atoms with Crippen LogP contribution in [0.1, 0.15) is 51.4 Å². The van der Waals surface area contributed by atoms with E-state index in [1.165, 1.54) is 4.90 Å². The van der Waals surface area contributed by atoms with Crippen LogP contribution in [0.5, 0.6) is 5.75 Å². The normalized spacial score (nSPS) is 29.2. The molecule has 1 aromatic heterocycles. The minimum Gasteiger partial charge on any atom is -0.492 e. The third-order valence-electron chi connectivity index (χ3n) is 9.12. The second-order valence-electron chi connectivity index (χ2n) is 11.6. The number of fused-ring (bicyclic) bond motifs is 2. The largest absolute Gasteiger partial charge is 0.492 e. The molecule has 220 valence electrons. The quantitative estimate of drug-likeness (QED) is 0.189. The second kappa shape index (κ2) is 9.00. The fraction of sp³-hybridized carbons (Fsp3) is 0.481. The molecule has 2 amide bonds. The van der Waals surface area contributed by atoms with Gasteiger partial charge in [-0.15, -0.1) is 5.10 Å². The number of nitrogens with zero attached hydrogens (tertiary/aromatic N) is 5. The summed E-state index contributed by atoms with van der Waals surface area (Å²) in [6.07, 6.45) is 3.02. The summed E-state index contributed by atoms with van der Waals surface area (Å²) in [5.41, 5.74) is 12.8. The average Bonchev–Trinajstić information content (AvgIpc) is 3.57.